The summed E-state index contributed by atoms with van der Waals surface area (Å²) in [6.07, 6.45) is 3.68. The van der Waals surface area contributed by atoms with Crippen LogP contribution in [0.2, 0.25) is 0 Å². The van der Waals surface area contributed by atoms with Crippen molar-refractivity contribution in [2.24, 2.45) is 11.8 Å². The first-order valence-corrected chi connectivity index (χ1v) is 8.23. The van der Waals surface area contributed by atoms with Crippen molar-refractivity contribution in [3.63, 3.8) is 0 Å². The van der Waals surface area contributed by atoms with Crippen molar-refractivity contribution in [2.75, 3.05) is 12.4 Å². The van der Waals surface area contributed by atoms with Crippen molar-refractivity contribution in [1.82, 2.24) is 5.32 Å². The molecule has 1 aliphatic carbocycles. The lowest BCUT2D eigenvalue weighted by Gasteiger charge is -2.36. The Balaban J connectivity index is 1.94. The average molecular weight is 304 g/mol. The van der Waals surface area contributed by atoms with Gasteiger partial charge in [0.15, 0.2) is 0 Å². The van der Waals surface area contributed by atoms with E-state index in [9.17, 15) is 4.79 Å². The zero-order valence-corrected chi connectivity index (χ0v) is 14.1. The molecule has 0 aromatic heterocycles. The summed E-state index contributed by atoms with van der Waals surface area (Å²) < 4.78 is 5.27. The minimum Gasteiger partial charge on any atom is -0.495 e. The van der Waals surface area contributed by atoms with Crippen molar-refractivity contribution in [2.45, 2.75) is 52.1 Å². The molecule has 4 atom stereocenters. The van der Waals surface area contributed by atoms with Gasteiger partial charge in [-0.25, -0.2) is 0 Å². The molecule has 4 heteroatoms. The topological polar surface area (TPSA) is 50.4 Å². The van der Waals surface area contributed by atoms with E-state index >= 15 is 0 Å². The van der Waals surface area contributed by atoms with Crippen LogP contribution in [-0.2, 0) is 4.79 Å². The maximum absolute atomic E-state index is 12.4. The maximum atomic E-state index is 12.4. The van der Waals surface area contributed by atoms with Crippen molar-refractivity contribution in [1.29, 1.82) is 0 Å². The number of anilines is 1. The van der Waals surface area contributed by atoms with Crippen LogP contribution < -0.4 is 15.4 Å². The van der Waals surface area contributed by atoms with Crippen LogP contribution in [0.3, 0.4) is 0 Å². The summed E-state index contributed by atoms with van der Waals surface area (Å²) in [5.41, 5.74) is 0.716. The van der Waals surface area contributed by atoms with Crippen LogP contribution in [0.4, 0.5) is 5.69 Å². The normalized spacial score (nSPS) is 26.3. The van der Waals surface area contributed by atoms with Crippen LogP contribution in [0.5, 0.6) is 5.75 Å². The first-order valence-electron chi connectivity index (χ1n) is 8.23. The predicted molar refractivity (Wildman–Crippen MR) is 90.2 cm³/mol. The van der Waals surface area contributed by atoms with Gasteiger partial charge in [-0.15, -0.1) is 0 Å². The number of amides is 1. The molecule has 122 valence electrons. The van der Waals surface area contributed by atoms with Gasteiger partial charge >= 0.3 is 0 Å². The molecule has 2 N–H and O–H groups in total. The molecule has 1 fully saturated rings. The number of methoxy groups -OCH3 is 1. The highest BCUT2D eigenvalue weighted by Crippen LogP contribution is 2.30. The van der Waals surface area contributed by atoms with Gasteiger partial charge in [0.2, 0.25) is 5.91 Å². The largest absolute Gasteiger partial charge is 0.495 e. The molecule has 1 aliphatic rings. The predicted octanol–water partition coefficient (Wildman–Crippen LogP) is 3.44. The zero-order valence-electron chi connectivity index (χ0n) is 14.1. The quantitative estimate of drug-likeness (QED) is 0.876. The highest BCUT2D eigenvalue weighted by Gasteiger charge is 2.29. The van der Waals surface area contributed by atoms with Crippen molar-refractivity contribution < 1.29 is 9.53 Å². The number of hydrogen-bond acceptors (Lipinski definition) is 3. The second-order valence-corrected chi connectivity index (χ2v) is 6.45. The van der Waals surface area contributed by atoms with E-state index in [4.69, 9.17) is 4.74 Å². The third-order valence-electron chi connectivity index (χ3n) is 4.93. The van der Waals surface area contributed by atoms with E-state index in [1.807, 2.05) is 31.2 Å². The number of carbonyl (C=O) groups excluding carboxylic acids is 1. The molecule has 1 saturated carbocycles. The smallest absolute Gasteiger partial charge is 0.241 e. The molecule has 0 unspecified atom stereocenters. The summed E-state index contributed by atoms with van der Waals surface area (Å²) in [6.45, 7) is 6.52. The van der Waals surface area contributed by atoms with Gasteiger partial charge in [-0.2, -0.15) is 0 Å². The number of ether oxygens (including phenoxy) is 1. The number of rotatable bonds is 5. The monoisotopic (exact) mass is 304 g/mol. The van der Waals surface area contributed by atoms with E-state index in [1.54, 1.807) is 7.11 Å². The first kappa shape index (κ1) is 16.8. The molecule has 1 aromatic carbocycles. The first-order chi connectivity index (χ1) is 10.5. The summed E-state index contributed by atoms with van der Waals surface area (Å²) in [7, 11) is 1.61. The molecule has 2 rings (SSSR count). The minimum absolute atomic E-state index is 0.0186. The van der Waals surface area contributed by atoms with Gasteiger partial charge in [-0.1, -0.05) is 38.8 Å². The van der Waals surface area contributed by atoms with Gasteiger partial charge in [0.1, 0.15) is 5.75 Å². The van der Waals surface area contributed by atoms with Gasteiger partial charge in [0.25, 0.3) is 0 Å². The summed E-state index contributed by atoms with van der Waals surface area (Å²) in [5.74, 6) is 1.99. The van der Waals surface area contributed by atoms with Gasteiger partial charge in [0, 0.05) is 6.04 Å². The van der Waals surface area contributed by atoms with Crippen LogP contribution in [0.1, 0.15) is 40.0 Å². The van der Waals surface area contributed by atoms with E-state index in [0.717, 1.165) is 12.3 Å². The third kappa shape index (κ3) is 4.01. The second kappa shape index (κ2) is 7.63. The van der Waals surface area contributed by atoms with E-state index in [1.165, 1.54) is 12.8 Å². The van der Waals surface area contributed by atoms with Crippen LogP contribution in [0.15, 0.2) is 24.3 Å². The Bertz CT molecular complexity index is 504. The van der Waals surface area contributed by atoms with E-state index in [2.05, 4.69) is 24.5 Å². The molecule has 4 nitrogen and oxygen atoms in total. The lowest BCUT2D eigenvalue weighted by Crippen LogP contribution is -2.49. The SMILES string of the molecule is COc1ccccc1NC(=O)[C@H](C)N[C@H]1CCC[C@@H](C)[C@H]1C. The zero-order chi connectivity index (χ0) is 16.1. The Kier molecular flexibility index (Phi) is 5.83. The Labute approximate surface area is 133 Å². The Morgan fingerprint density at radius 2 is 2.00 bits per heavy atom. The molecule has 1 aromatic rings. The summed E-state index contributed by atoms with van der Waals surface area (Å²) >= 11 is 0. The molecule has 22 heavy (non-hydrogen) atoms. The summed E-state index contributed by atoms with van der Waals surface area (Å²) in [6, 6.07) is 7.68. The maximum Gasteiger partial charge on any atom is 0.241 e. The molecular formula is C18H28N2O2. The van der Waals surface area contributed by atoms with Crippen LogP contribution in [0.25, 0.3) is 0 Å². The second-order valence-electron chi connectivity index (χ2n) is 6.45. The molecule has 1 amide bonds. The van der Waals surface area contributed by atoms with Crippen molar-refractivity contribution >= 4 is 11.6 Å². The lowest BCUT2D eigenvalue weighted by atomic mass is 9.78. The van der Waals surface area contributed by atoms with E-state index < -0.39 is 0 Å². The fourth-order valence-electron chi connectivity index (χ4n) is 3.20. The molecule has 0 saturated heterocycles. The van der Waals surface area contributed by atoms with Gasteiger partial charge < -0.3 is 15.4 Å². The van der Waals surface area contributed by atoms with E-state index in [0.29, 0.717) is 23.4 Å². The van der Waals surface area contributed by atoms with Crippen molar-refractivity contribution in [3.05, 3.63) is 24.3 Å². The Morgan fingerprint density at radius 3 is 2.73 bits per heavy atom. The number of nitrogens with one attached hydrogen (secondary N) is 2. The number of benzene rings is 1. The van der Waals surface area contributed by atoms with Crippen LogP contribution in [-0.4, -0.2) is 25.1 Å². The Hall–Kier alpha value is -1.55. The standard InChI is InChI=1S/C18H28N2O2/c1-12-8-7-10-15(13(12)2)19-14(3)18(21)20-16-9-5-6-11-17(16)22-4/h5-6,9,11-15,19H,7-8,10H2,1-4H3,(H,20,21)/t12-,13-,14+,15+/m1/s1. The Morgan fingerprint density at radius 1 is 1.27 bits per heavy atom. The molecule has 0 spiro atoms. The molecule has 0 heterocycles. The average Bonchev–Trinajstić information content (AvgIpc) is 2.52. The highest BCUT2D eigenvalue weighted by molar-refractivity contribution is 5.95. The number of carbonyl (C=O) groups is 1. The van der Waals surface area contributed by atoms with Gasteiger partial charge in [-0.05, 0) is 37.3 Å². The molecule has 0 aliphatic heterocycles. The fourth-order valence-corrected chi connectivity index (χ4v) is 3.20. The number of para-hydroxylation sites is 2. The van der Waals surface area contributed by atoms with Crippen LogP contribution >= 0.6 is 0 Å². The van der Waals surface area contributed by atoms with Gasteiger partial charge in [0.05, 0.1) is 18.8 Å². The summed E-state index contributed by atoms with van der Waals surface area (Å²) in [5, 5.41) is 6.45. The lowest BCUT2D eigenvalue weighted by molar-refractivity contribution is -0.118. The molecular weight excluding hydrogens is 276 g/mol. The van der Waals surface area contributed by atoms with Gasteiger partial charge in [-0.3, -0.25) is 4.79 Å². The van der Waals surface area contributed by atoms with Crippen molar-refractivity contribution in [3.8, 4) is 5.75 Å². The van der Waals surface area contributed by atoms with E-state index in [-0.39, 0.29) is 11.9 Å². The number of hydrogen-bond donors (Lipinski definition) is 2. The fraction of sp³-hybridized carbons (Fsp3) is 0.611. The third-order valence-corrected chi connectivity index (χ3v) is 4.93. The summed E-state index contributed by atoms with van der Waals surface area (Å²) in [4.78, 5) is 12.4. The highest BCUT2D eigenvalue weighted by atomic mass is 16.5. The molecule has 0 radical (unpaired) electrons. The van der Waals surface area contributed by atoms with Crippen LogP contribution in [0, 0.1) is 11.8 Å². The molecule has 0 bridgehead atoms. The minimum atomic E-state index is -0.220.